The lowest BCUT2D eigenvalue weighted by molar-refractivity contribution is -0.133. The minimum atomic E-state index is -0.762. The van der Waals surface area contributed by atoms with Gasteiger partial charge in [0, 0.05) is 20.7 Å². The number of furan rings is 1. The molecule has 0 bridgehead atoms. The number of carbonyl (C=O) groups is 2. The fourth-order valence-corrected chi connectivity index (χ4v) is 1.72. The molecule has 2 N–H and O–H groups in total. The second-order valence-electron chi connectivity index (χ2n) is 4.50. The average Bonchev–Trinajstić information content (AvgIpc) is 2.91. The Kier molecular flexibility index (Phi) is 6.20. The summed E-state index contributed by atoms with van der Waals surface area (Å²) in [5.41, 5.74) is 0. The van der Waals surface area contributed by atoms with E-state index in [1.165, 1.54) is 24.3 Å². The molecule has 0 aliphatic carbocycles. The highest BCUT2D eigenvalue weighted by Crippen LogP contribution is 2.01. The summed E-state index contributed by atoms with van der Waals surface area (Å²) in [7, 11) is 3.02. The maximum Gasteiger partial charge on any atom is 0.287 e. The first-order valence-electron chi connectivity index (χ1n) is 6.22. The molecule has 0 radical (unpaired) electrons. The molecule has 1 heterocycles. The Labute approximate surface area is 117 Å². The smallest absolute Gasteiger partial charge is 0.287 e. The molecule has 1 aromatic rings. The molecular formula is C13H20N2O5. The van der Waals surface area contributed by atoms with E-state index in [-0.39, 0.29) is 24.8 Å². The van der Waals surface area contributed by atoms with Crippen molar-refractivity contribution in [2.75, 3.05) is 27.3 Å². The zero-order valence-corrected chi connectivity index (χ0v) is 11.8. The van der Waals surface area contributed by atoms with Gasteiger partial charge < -0.3 is 24.5 Å². The number of carbonyl (C=O) groups excluding carboxylic acids is 2. The van der Waals surface area contributed by atoms with Gasteiger partial charge in [-0.25, -0.2) is 0 Å². The van der Waals surface area contributed by atoms with Crippen LogP contribution in [0.2, 0.25) is 0 Å². The monoisotopic (exact) mass is 284 g/mol. The van der Waals surface area contributed by atoms with Crippen molar-refractivity contribution in [1.29, 1.82) is 0 Å². The van der Waals surface area contributed by atoms with Crippen molar-refractivity contribution in [3.63, 3.8) is 0 Å². The Morgan fingerprint density at radius 2 is 2.25 bits per heavy atom. The molecule has 112 valence electrons. The quantitative estimate of drug-likeness (QED) is 0.727. The van der Waals surface area contributed by atoms with E-state index in [2.05, 4.69) is 5.32 Å². The number of likely N-dealkylation sites (N-methyl/N-ethyl adjacent to an activating group) is 1. The van der Waals surface area contributed by atoms with Gasteiger partial charge in [0.25, 0.3) is 5.91 Å². The fourth-order valence-electron chi connectivity index (χ4n) is 1.72. The van der Waals surface area contributed by atoms with Crippen molar-refractivity contribution in [2.24, 2.45) is 0 Å². The topological polar surface area (TPSA) is 92.0 Å². The molecule has 0 fully saturated rings. The van der Waals surface area contributed by atoms with Gasteiger partial charge in [0.05, 0.1) is 19.0 Å². The Balaban J connectivity index is 2.47. The maximum absolute atomic E-state index is 12.0. The van der Waals surface area contributed by atoms with Crippen LogP contribution in [0.1, 0.15) is 17.5 Å². The first-order valence-corrected chi connectivity index (χ1v) is 6.22. The molecule has 2 amide bonds. The van der Waals surface area contributed by atoms with E-state index in [0.29, 0.717) is 0 Å². The van der Waals surface area contributed by atoms with Crippen LogP contribution in [-0.2, 0) is 9.53 Å². The van der Waals surface area contributed by atoms with Crippen molar-refractivity contribution in [3.05, 3.63) is 24.2 Å². The molecule has 2 atom stereocenters. The molecule has 0 saturated heterocycles. The van der Waals surface area contributed by atoms with Crippen LogP contribution in [0.4, 0.5) is 0 Å². The van der Waals surface area contributed by atoms with Crippen LogP contribution >= 0.6 is 0 Å². The Hall–Kier alpha value is -1.86. The van der Waals surface area contributed by atoms with Gasteiger partial charge in [-0.15, -0.1) is 0 Å². The third kappa shape index (κ3) is 4.67. The van der Waals surface area contributed by atoms with Crippen LogP contribution in [-0.4, -0.2) is 61.3 Å². The van der Waals surface area contributed by atoms with Gasteiger partial charge in [-0.1, -0.05) is 0 Å². The summed E-state index contributed by atoms with van der Waals surface area (Å²) in [5, 5.41) is 12.1. The van der Waals surface area contributed by atoms with Crippen LogP contribution in [0.25, 0.3) is 0 Å². The van der Waals surface area contributed by atoms with Crippen molar-refractivity contribution in [2.45, 2.75) is 19.1 Å². The van der Waals surface area contributed by atoms with E-state index in [1.54, 1.807) is 20.0 Å². The highest BCUT2D eigenvalue weighted by Gasteiger charge is 2.22. The van der Waals surface area contributed by atoms with Gasteiger partial charge in [-0.2, -0.15) is 0 Å². The van der Waals surface area contributed by atoms with Gasteiger partial charge >= 0.3 is 0 Å². The molecule has 7 nitrogen and oxygen atoms in total. The number of methoxy groups -OCH3 is 1. The fraction of sp³-hybridized carbons (Fsp3) is 0.538. The van der Waals surface area contributed by atoms with Crippen LogP contribution in [0.5, 0.6) is 0 Å². The lowest BCUT2D eigenvalue weighted by Gasteiger charge is -2.24. The zero-order valence-electron chi connectivity index (χ0n) is 11.8. The van der Waals surface area contributed by atoms with Crippen molar-refractivity contribution >= 4 is 11.8 Å². The summed E-state index contributed by atoms with van der Waals surface area (Å²) < 4.78 is 9.73. The van der Waals surface area contributed by atoms with Gasteiger partial charge in [-0.05, 0) is 19.1 Å². The molecule has 0 saturated carbocycles. The normalized spacial score (nSPS) is 13.6. The molecule has 7 heteroatoms. The van der Waals surface area contributed by atoms with E-state index in [1.807, 2.05) is 0 Å². The lowest BCUT2D eigenvalue weighted by atomic mass is 10.2. The molecule has 20 heavy (non-hydrogen) atoms. The molecule has 0 aliphatic heterocycles. The third-order valence-corrected chi connectivity index (χ3v) is 2.68. The molecule has 2 unspecified atom stereocenters. The van der Waals surface area contributed by atoms with Gasteiger partial charge in [-0.3, -0.25) is 9.59 Å². The second kappa shape index (κ2) is 7.66. The highest BCUT2D eigenvalue weighted by atomic mass is 16.5. The molecular weight excluding hydrogens is 264 g/mol. The predicted molar refractivity (Wildman–Crippen MR) is 71.2 cm³/mol. The van der Waals surface area contributed by atoms with E-state index in [4.69, 9.17) is 9.15 Å². The summed E-state index contributed by atoms with van der Waals surface area (Å²) in [4.78, 5) is 25.1. The molecule has 0 aliphatic rings. The Morgan fingerprint density at radius 3 is 2.80 bits per heavy atom. The van der Waals surface area contributed by atoms with Crippen LogP contribution < -0.4 is 5.32 Å². The predicted octanol–water partition coefficient (Wildman–Crippen LogP) is -0.136. The Morgan fingerprint density at radius 1 is 1.55 bits per heavy atom. The van der Waals surface area contributed by atoms with E-state index in [0.717, 1.165) is 0 Å². The number of rotatable bonds is 7. The number of ether oxygens (including phenoxy) is 1. The van der Waals surface area contributed by atoms with Crippen molar-refractivity contribution in [3.8, 4) is 0 Å². The summed E-state index contributed by atoms with van der Waals surface area (Å²) in [5.74, 6) is -0.617. The molecule has 1 rings (SSSR count). The summed E-state index contributed by atoms with van der Waals surface area (Å²) in [6.45, 7) is 1.85. The van der Waals surface area contributed by atoms with Crippen molar-refractivity contribution in [1.82, 2.24) is 10.2 Å². The standard InChI is InChI=1S/C13H20N2O5/c1-9(14-12(17)11-5-4-6-20-11)13(18)15(2)7-10(16)8-19-3/h4-6,9-10,16H,7-8H2,1-3H3,(H,14,17). The third-order valence-electron chi connectivity index (χ3n) is 2.68. The first kappa shape index (κ1) is 16.2. The minimum Gasteiger partial charge on any atom is -0.459 e. The number of aliphatic hydroxyl groups excluding tert-OH is 1. The zero-order chi connectivity index (χ0) is 15.1. The van der Waals surface area contributed by atoms with Crippen LogP contribution in [0, 0.1) is 0 Å². The summed E-state index contributed by atoms with van der Waals surface area (Å²) in [6.07, 6.45) is 0.621. The largest absolute Gasteiger partial charge is 0.459 e. The highest BCUT2D eigenvalue weighted by molar-refractivity contribution is 5.95. The second-order valence-corrected chi connectivity index (χ2v) is 4.50. The summed E-state index contributed by atoms with van der Waals surface area (Å²) in [6, 6.07) is 2.39. The van der Waals surface area contributed by atoms with E-state index in [9.17, 15) is 14.7 Å². The number of amides is 2. The number of nitrogens with one attached hydrogen (secondary N) is 1. The van der Waals surface area contributed by atoms with E-state index < -0.39 is 18.1 Å². The van der Waals surface area contributed by atoms with Crippen LogP contribution in [0.3, 0.4) is 0 Å². The number of hydrogen-bond acceptors (Lipinski definition) is 5. The minimum absolute atomic E-state index is 0.133. The number of aliphatic hydroxyl groups is 1. The van der Waals surface area contributed by atoms with E-state index >= 15 is 0 Å². The van der Waals surface area contributed by atoms with Gasteiger partial charge in [0.2, 0.25) is 5.91 Å². The molecule has 1 aromatic heterocycles. The van der Waals surface area contributed by atoms with Gasteiger partial charge in [0.1, 0.15) is 6.04 Å². The molecule has 0 aromatic carbocycles. The lowest BCUT2D eigenvalue weighted by Crippen LogP contribution is -2.47. The van der Waals surface area contributed by atoms with Crippen molar-refractivity contribution < 1.29 is 23.8 Å². The van der Waals surface area contributed by atoms with Crippen LogP contribution in [0.15, 0.2) is 22.8 Å². The maximum atomic E-state index is 12.0. The Bertz CT molecular complexity index is 432. The van der Waals surface area contributed by atoms with Gasteiger partial charge in [0.15, 0.2) is 5.76 Å². The SMILES string of the molecule is COCC(O)CN(C)C(=O)C(C)NC(=O)c1ccco1. The average molecular weight is 284 g/mol. The first-order chi connectivity index (χ1) is 9.45. The molecule has 0 spiro atoms. The number of hydrogen-bond donors (Lipinski definition) is 2. The summed E-state index contributed by atoms with van der Waals surface area (Å²) >= 11 is 0. The number of nitrogens with zero attached hydrogens (tertiary/aromatic N) is 1.